The lowest BCUT2D eigenvalue weighted by Crippen LogP contribution is -2.19. The lowest BCUT2D eigenvalue weighted by atomic mass is 9.98. The van der Waals surface area contributed by atoms with Gasteiger partial charge in [-0.05, 0) is 36.1 Å². The fourth-order valence-corrected chi connectivity index (χ4v) is 3.53. The van der Waals surface area contributed by atoms with E-state index in [9.17, 15) is 4.79 Å². The lowest BCUT2D eigenvalue weighted by molar-refractivity contribution is 0.0696. The van der Waals surface area contributed by atoms with E-state index in [0.717, 1.165) is 24.3 Å². The summed E-state index contributed by atoms with van der Waals surface area (Å²) in [5.41, 5.74) is 1.53. The first-order valence-electron chi connectivity index (χ1n) is 6.17. The number of nitrogens with zero attached hydrogens (tertiary/aromatic N) is 2. The second kappa shape index (κ2) is 5.09. The Labute approximate surface area is 115 Å². The van der Waals surface area contributed by atoms with Crippen molar-refractivity contribution < 1.29 is 9.90 Å². The topological polar surface area (TPSA) is 55.1 Å². The first kappa shape index (κ1) is 12.3. The highest BCUT2D eigenvalue weighted by molar-refractivity contribution is 7.99. The molecule has 1 unspecified atom stereocenters. The Morgan fingerprint density at radius 1 is 1.53 bits per heavy atom. The van der Waals surface area contributed by atoms with E-state index in [2.05, 4.69) is 9.55 Å². The molecule has 0 aliphatic carbocycles. The van der Waals surface area contributed by atoms with Crippen molar-refractivity contribution in [3.63, 3.8) is 0 Å². The Hall–Kier alpha value is -1.75. The van der Waals surface area contributed by atoms with Gasteiger partial charge >= 0.3 is 5.97 Å². The number of rotatable bonds is 3. The molecule has 5 heteroatoms. The Bertz CT molecular complexity index is 595. The van der Waals surface area contributed by atoms with Crippen LogP contribution in [0.25, 0.3) is 0 Å². The molecule has 0 radical (unpaired) electrons. The monoisotopic (exact) mass is 274 g/mol. The second-order valence-corrected chi connectivity index (χ2v) is 5.83. The Balaban J connectivity index is 1.78. The SMILES string of the molecule is O=C(O)c1ccc2c(c1)CC(Cn1ccnc1)CS2. The standard InChI is InChI=1S/C14H14N2O2S/c17-14(18)11-1-2-13-12(6-11)5-10(8-19-13)7-16-4-3-15-9-16/h1-4,6,9-10H,5,7-8H2,(H,17,18). The molecule has 0 saturated carbocycles. The second-order valence-electron chi connectivity index (χ2n) is 4.77. The molecule has 0 fully saturated rings. The molecular formula is C14H14N2O2S. The molecule has 0 saturated heterocycles. The van der Waals surface area contributed by atoms with E-state index in [1.54, 1.807) is 12.3 Å². The Morgan fingerprint density at radius 2 is 2.42 bits per heavy atom. The quantitative estimate of drug-likeness (QED) is 0.934. The van der Waals surface area contributed by atoms with Gasteiger partial charge < -0.3 is 9.67 Å². The predicted molar refractivity (Wildman–Crippen MR) is 73.5 cm³/mol. The molecular weight excluding hydrogens is 260 g/mol. The number of hydrogen-bond acceptors (Lipinski definition) is 3. The van der Waals surface area contributed by atoms with E-state index in [-0.39, 0.29) is 0 Å². The van der Waals surface area contributed by atoms with Gasteiger partial charge in [-0.1, -0.05) is 0 Å². The minimum atomic E-state index is -0.857. The van der Waals surface area contributed by atoms with Crippen LogP contribution in [-0.2, 0) is 13.0 Å². The molecule has 1 aromatic carbocycles. The molecule has 1 aromatic heterocycles. The fourth-order valence-electron chi connectivity index (χ4n) is 2.40. The zero-order valence-corrected chi connectivity index (χ0v) is 11.1. The van der Waals surface area contributed by atoms with Crippen molar-refractivity contribution >= 4 is 17.7 Å². The maximum atomic E-state index is 11.0. The van der Waals surface area contributed by atoms with Gasteiger partial charge in [0.05, 0.1) is 11.9 Å². The van der Waals surface area contributed by atoms with Crippen LogP contribution in [0.1, 0.15) is 15.9 Å². The van der Waals surface area contributed by atoms with Crippen molar-refractivity contribution in [1.29, 1.82) is 0 Å². The van der Waals surface area contributed by atoms with Gasteiger partial charge in [-0.2, -0.15) is 0 Å². The number of carbonyl (C=O) groups is 1. The number of carboxylic acids is 1. The molecule has 1 aliphatic rings. The smallest absolute Gasteiger partial charge is 0.335 e. The number of imidazole rings is 1. The summed E-state index contributed by atoms with van der Waals surface area (Å²) in [7, 11) is 0. The molecule has 1 N–H and O–H groups in total. The predicted octanol–water partition coefficient (Wildman–Crippen LogP) is 2.55. The minimum absolute atomic E-state index is 0.377. The van der Waals surface area contributed by atoms with E-state index in [1.165, 1.54) is 4.90 Å². The largest absolute Gasteiger partial charge is 0.478 e. The van der Waals surface area contributed by atoms with Gasteiger partial charge in [-0.25, -0.2) is 9.78 Å². The highest BCUT2D eigenvalue weighted by Crippen LogP contribution is 2.34. The molecule has 19 heavy (non-hydrogen) atoms. The van der Waals surface area contributed by atoms with Gasteiger partial charge in [0.25, 0.3) is 0 Å². The highest BCUT2D eigenvalue weighted by atomic mass is 32.2. The summed E-state index contributed by atoms with van der Waals surface area (Å²) < 4.78 is 2.08. The number of benzene rings is 1. The Kier molecular flexibility index (Phi) is 3.29. The van der Waals surface area contributed by atoms with Crippen molar-refractivity contribution in [1.82, 2.24) is 9.55 Å². The number of hydrogen-bond donors (Lipinski definition) is 1. The summed E-state index contributed by atoms with van der Waals surface area (Å²) in [5.74, 6) is 0.734. The van der Waals surface area contributed by atoms with Crippen LogP contribution >= 0.6 is 11.8 Å². The average molecular weight is 274 g/mol. The summed E-state index contributed by atoms with van der Waals surface area (Å²) in [6.45, 7) is 0.934. The van der Waals surface area contributed by atoms with Crippen LogP contribution in [-0.4, -0.2) is 26.4 Å². The van der Waals surface area contributed by atoms with Crippen molar-refractivity contribution in [2.45, 2.75) is 17.9 Å². The third kappa shape index (κ3) is 2.66. The third-order valence-electron chi connectivity index (χ3n) is 3.32. The minimum Gasteiger partial charge on any atom is -0.478 e. The van der Waals surface area contributed by atoms with Crippen molar-refractivity contribution in [2.75, 3.05) is 5.75 Å². The van der Waals surface area contributed by atoms with Gasteiger partial charge in [-0.3, -0.25) is 0 Å². The van der Waals surface area contributed by atoms with Crippen molar-refractivity contribution in [3.05, 3.63) is 48.0 Å². The zero-order valence-electron chi connectivity index (χ0n) is 10.3. The van der Waals surface area contributed by atoms with Crippen LogP contribution in [0.4, 0.5) is 0 Å². The molecule has 0 spiro atoms. The van der Waals surface area contributed by atoms with Gasteiger partial charge in [0.1, 0.15) is 0 Å². The van der Waals surface area contributed by atoms with E-state index < -0.39 is 5.97 Å². The van der Waals surface area contributed by atoms with Crippen LogP contribution in [0.5, 0.6) is 0 Å². The third-order valence-corrected chi connectivity index (χ3v) is 4.67. The molecule has 0 amide bonds. The van der Waals surface area contributed by atoms with Gasteiger partial charge in [0.2, 0.25) is 0 Å². The maximum Gasteiger partial charge on any atom is 0.335 e. The Morgan fingerprint density at radius 3 is 3.16 bits per heavy atom. The summed E-state index contributed by atoms with van der Waals surface area (Å²) in [6, 6.07) is 5.42. The van der Waals surface area contributed by atoms with E-state index in [4.69, 9.17) is 5.11 Å². The van der Waals surface area contributed by atoms with Crippen LogP contribution in [0, 0.1) is 5.92 Å². The van der Waals surface area contributed by atoms with Crippen LogP contribution in [0.15, 0.2) is 41.8 Å². The van der Waals surface area contributed by atoms with E-state index in [0.29, 0.717) is 11.5 Å². The number of fused-ring (bicyclic) bond motifs is 1. The van der Waals surface area contributed by atoms with Gasteiger partial charge in [0.15, 0.2) is 0 Å². The average Bonchev–Trinajstić information content (AvgIpc) is 2.90. The summed E-state index contributed by atoms with van der Waals surface area (Å²) >= 11 is 1.81. The van der Waals surface area contributed by atoms with Crippen molar-refractivity contribution in [3.8, 4) is 0 Å². The summed E-state index contributed by atoms with van der Waals surface area (Å²) in [6.07, 6.45) is 6.51. The van der Waals surface area contributed by atoms with Gasteiger partial charge in [0, 0.05) is 29.6 Å². The fraction of sp³-hybridized carbons (Fsp3) is 0.286. The molecule has 1 aliphatic heterocycles. The highest BCUT2D eigenvalue weighted by Gasteiger charge is 2.20. The maximum absolute atomic E-state index is 11.0. The molecule has 98 valence electrons. The molecule has 2 heterocycles. The van der Waals surface area contributed by atoms with E-state index in [1.807, 2.05) is 36.4 Å². The number of aromatic nitrogens is 2. The molecule has 2 aromatic rings. The van der Waals surface area contributed by atoms with Gasteiger partial charge in [-0.15, -0.1) is 11.8 Å². The molecule has 0 bridgehead atoms. The number of thioether (sulfide) groups is 1. The summed E-state index contributed by atoms with van der Waals surface area (Å²) in [4.78, 5) is 16.3. The normalized spacial score (nSPS) is 18.0. The molecule has 1 atom stereocenters. The molecule has 4 nitrogen and oxygen atoms in total. The van der Waals surface area contributed by atoms with E-state index >= 15 is 0 Å². The first-order chi connectivity index (χ1) is 9.22. The number of carboxylic acid groups (broad SMARTS) is 1. The first-order valence-corrected chi connectivity index (χ1v) is 7.15. The zero-order chi connectivity index (χ0) is 13.2. The van der Waals surface area contributed by atoms with Crippen LogP contribution in [0.3, 0.4) is 0 Å². The van der Waals surface area contributed by atoms with Crippen molar-refractivity contribution in [2.24, 2.45) is 5.92 Å². The molecule has 3 rings (SSSR count). The van der Waals surface area contributed by atoms with Crippen LogP contribution < -0.4 is 0 Å². The lowest BCUT2D eigenvalue weighted by Gasteiger charge is -2.24. The van der Waals surface area contributed by atoms with Crippen LogP contribution in [0.2, 0.25) is 0 Å². The summed E-state index contributed by atoms with van der Waals surface area (Å²) in [5, 5.41) is 9.04. The number of aromatic carboxylic acids is 1.